The second-order valence-electron chi connectivity index (χ2n) is 3.04. The SMILES string of the molecule is C=C(C)C1=NO[C@@H]([C@@H]2CO2)C1. The first-order valence-corrected chi connectivity index (χ1v) is 3.77. The summed E-state index contributed by atoms with van der Waals surface area (Å²) in [5.41, 5.74) is 1.97. The molecule has 0 bridgehead atoms. The Morgan fingerprint density at radius 3 is 2.82 bits per heavy atom. The van der Waals surface area contributed by atoms with Crippen molar-refractivity contribution < 1.29 is 9.57 Å². The number of nitrogens with zero attached hydrogens (tertiary/aromatic N) is 1. The first-order valence-electron chi connectivity index (χ1n) is 3.77. The lowest BCUT2D eigenvalue weighted by atomic mass is 10.1. The normalized spacial score (nSPS) is 34.5. The predicted molar refractivity (Wildman–Crippen MR) is 41.5 cm³/mol. The summed E-state index contributed by atoms with van der Waals surface area (Å²) in [6, 6.07) is 0. The molecule has 0 radical (unpaired) electrons. The standard InChI is InChI=1S/C8H11NO2/c1-5(2)6-3-7(11-9-6)8-4-10-8/h7-8H,1,3-4H2,2H3/t7-,8+/m1/s1. The smallest absolute Gasteiger partial charge is 0.161 e. The molecule has 0 aromatic heterocycles. The Bertz CT molecular complexity index is 218. The first kappa shape index (κ1) is 6.85. The van der Waals surface area contributed by atoms with E-state index < -0.39 is 0 Å². The quantitative estimate of drug-likeness (QED) is 0.557. The molecule has 0 saturated carbocycles. The van der Waals surface area contributed by atoms with Gasteiger partial charge in [0, 0.05) is 6.42 Å². The van der Waals surface area contributed by atoms with Crippen LogP contribution in [0.5, 0.6) is 0 Å². The van der Waals surface area contributed by atoms with Gasteiger partial charge in [0.05, 0.1) is 12.3 Å². The molecule has 1 fully saturated rings. The summed E-state index contributed by atoms with van der Waals surface area (Å²) in [6.07, 6.45) is 1.30. The topological polar surface area (TPSA) is 34.1 Å². The zero-order valence-corrected chi connectivity index (χ0v) is 6.54. The molecule has 2 heterocycles. The lowest BCUT2D eigenvalue weighted by Crippen LogP contribution is -2.15. The van der Waals surface area contributed by atoms with Crippen LogP contribution in [-0.4, -0.2) is 24.5 Å². The fourth-order valence-electron chi connectivity index (χ4n) is 1.12. The van der Waals surface area contributed by atoms with E-state index >= 15 is 0 Å². The second kappa shape index (κ2) is 2.34. The van der Waals surface area contributed by atoms with Crippen molar-refractivity contribution >= 4 is 5.71 Å². The van der Waals surface area contributed by atoms with Crippen LogP contribution in [0.2, 0.25) is 0 Å². The lowest BCUT2D eigenvalue weighted by Gasteiger charge is -2.01. The predicted octanol–water partition coefficient (Wildman–Crippen LogP) is 1.11. The molecule has 60 valence electrons. The summed E-state index contributed by atoms with van der Waals surface area (Å²) in [5.74, 6) is 0. The molecule has 3 heteroatoms. The van der Waals surface area contributed by atoms with Crippen LogP contribution in [0.3, 0.4) is 0 Å². The van der Waals surface area contributed by atoms with Crippen molar-refractivity contribution in [2.24, 2.45) is 5.16 Å². The Kier molecular flexibility index (Phi) is 1.46. The van der Waals surface area contributed by atoms with E-state index in [0.717, 1.165) is 24.3 Å². The molecule has 0 unspecified atom stereocenters. The Labute approximate surface area is 65.7 Å². The summed E-state index contributed by atoms with van der Waals surface area (Å²) in [5, 5.41) is 3.92. The zero-order valence-electron chi connectivity index (χ0n) is 6.54. The maximum absolute atomic E-state index is 5.15. The number of hydrogen-bond donors (Lipinski definition) is 0. The van der Waals surface area contributed by atoms with Gasteiger partial charge >= 0.3 is 0 Å². The Hall–Kier alpha value is -0.830. The van der Waals surface area contributed by atoms with E-state index in [1.165, 1.54) is 0 Å². The third kappa shape index (κ3) is 1.28. The highest BCUT2D eigenvalue weighted by Gasteiger charge is 2.38. The van der Waals surface area contributed by atoms with Crippen molar-refractivity contribution in [3.63, 3.8) is 0 Å². The van der Waals surface area contributed by atoms with Gasteiger partial charge in [0.2, 0.25) is 0 Å². The third-order valence-corrected chi connectivity index (χ3v) is 1.96. The maximum atomic E-state index is 5.15. The monoisotopic (exact) mass is 153 g/mol. The number of oxime groups is 1. The molecule has 0 N–H and O–H groups in total. The van der Waals surface area contributed by atoms with Gasteiger partial charge in [-0.25, -0.2) is 0 Å². The van der Waals surface area contributed by atoms with Crippen LogP contribution >= 0.6 is 0 Å². The van der Waals surface area contributed by atoms with Gasteiger partial charge in [-0.05, 0) is 12.5 Å². The molecule has 2 atom stereocenters. The highest BCUT2D eigenvalue weighted by atomic mass is 16.7. The van der Waals surface area contributed by atoms with Crippen molar-refractivity contribution in [1.82, 2.24) is 0 Å². The zero-order chi connectivity index (χ0) is 7.84. The Morgan fingerprint density at radius 1 is 1.64 bits per heavy atom. The van der Waals surface area contributed by atoms with Gasteiger partial charge in [0.1, 0.15) is 6.10 Å². The molecule has 2 rings (SSSR count). The van der Waals surface area contributed by atoms with E-state index in [1.54, 1.807) is 0 Å². The van der Waals surface area contributed by atoms with Crippen molar-refractivity contribution in [1.29, 1.82) is 0 Å². The summed E-state index contributed by atoms with van der Waals surface area (Å²) < 4.78 is 5.09. The minimum absolute atomic E-state index is 0.154. The molecular formula is C8H11NO2. The molecule has 0 amide bonds. The molecule has 11 heavy (non-hydrogen) atoms. The van der Waals surface area contributed by atoms with E-state index in [0.29, 0.717) is 0 Å². The van der Waals surface area contributed by atoms with E-state index in [1.807, 2.05) is 6.92 Å². The molecule has 1 saturated heterocycles. The van der Waals surface area contributed by atoms with Crippen LogP contribution in [0, 0.1) is 0 Å². The van der Waals surface area contributed by atoms with Gasteiger partial charge in [-0.1, -0.05) is 11.7 Å². The number of epoxide rings is 1. The minimum atomic E-state index is 0.154. The maximum Gasteiger partial charge on any atom is 0.161 e. The van der Waals surface area contributed by atoms with Gasteiger partial charge < -0.3 is 9.57 Å². The largest absolute Gasteiger partial charge is 0.389 e. The highest BCUT2D eigenvalue weighted by Crippen LogP contribution is 2.25. The summed E-state index contributed by atoms with van der Waals surface area (Å²) in [7, 11) is 0. The van der Waals surface area contributed by atoms with Gasteiger partial charge in [-0.15, -0.1) is 0 Å². The second-order valence-corrected chi connectivity index (χ2v) is 3.04. The van der Waals surface area contributed by atoms with E-state index in [-0.39, 0.29) is 12.2 Å². The molecule has 0 aromatic carbocycles. The van der Waals surface area contributed by atoms with E-state index in [2.05, 4.69) is 11.7 Å². The van der Waals surface area contributed by atoms with Gasteiger partial charge in [-0.2, -0.15) is 0 Å². The molecule has 2 aliphatic rings. The minimum Gasteiger partial charge on any atom is -0.389 e. The van der Waals surface area contributed by atoms with E-state index in [4.69, 9.17) is 9.57 Å². The van der Waals surface area contributed by atoms with Crippen molar-refractivity contribution in [3.05, 3.63) is 12.2 Å². The molecule has 0 aliphatic carbocycles. The first-order chi connectivity index (χ1) is 5.27. The number of rotatable bonds is 2. The Morgan fingerprint density at radius 2 is 2.36 bits per heavy atom. The van der Waals surface area contributed by atoms with Crippen LogP contribution in [0.25, 0.3) is 0 Å². The van der Waals surface area contributed by atoms with Gasteiger partial charge in [0.15, 0.2) is 6.10 Å². The van der Waals surface area contributed by atoms with Crippen molar-refractivity contribution in [2.45, 2.75) is 25.6 Å². The van der Waals surface area contributed by atoms with Crippen molar-refractivity contribution in [2.75, 3.05) is 6.61 Å². The van der Waals surface area contributed by atoms with Crippen LogP contribution < -0.4 is 0 Å². The lowest BCUT2D eigenvalue weighted by molar-refractivity contribution is 0.0627. The molecule has 2 aliphatic heterocycles. The molecule has 0 aromatic rings. The van der Waals surface area contributed by atoms with E-state index in [9.17, 15) is 0 Å². The fourth-order valence-corrected chi connectivity index (χ4v) is 1.12. The average Bonchev–Trinajstić information content (AvgIpc) is 2.68. The highest BCUT2D eigenvalue weighted by molar-refractivity contribution is 5.99. The van der Waals surface area contributed by atoms with Crippen molar-refractivity contribution in [3.8, 4) is 0 Å². The Balaban J connectivity index is 1.93. The molecule has 3 nitrogen and oxygen atoms in total. The van der Waals surface area contributed by atoms with Crippen LogP contribution in [-0.2, 0) is 9.57 Å². The molecular weight excluding hydrogens is 142 g/mol. The van der Waals surface area contributed by atoms with Crippen LogP contribution in [0.4, 0.5) is 0 Å². The third-order valence-electron chi connectivity index (χ3n) is 1.96. The number of allylic oxidation sites excluding steroid dienone is 1. The number of ether oxygens (including phenoxy) is 1. The van der Waals surface area contributed by atoms with Crippen LogP contribution in [0.15, 0.2) is 17.3 Å². The average molecular weight is 153 g/mol. The molecule has 0 spiro atoms. The fraction of sp³-hybridized carbons (Fsp3) is 0.625. The summed E-state index contributed by atoms with van der Waals surface area (Å²) >= 11 is 0. The van der Waals surface area contributed by atoms with Gasteiger partial charge in [-0.3, -0.25) is 0 Å². The summed E-state index contributed by atoms with van der Waals surface area (Å²) in [4.78, 5) is 5.15. The van der Waals surface area contributed by atoms with Gasteiger partial charge in [0.25, 0.3) is 0 Å². The number of hydrogen-bond acceptors (Lipinski definition) is 3. The summed E-state index contributed by atoms with van der Waals surface area (Å²) in [6.45, 7) is 6.57. The van der Waals surface area contributed by atoms with Crippen LogP contribution in [0.1, 0.15) is 13.3 Å².